The summed E-state index contributed by atoms with van der Waals surface area (Å²) in [7, 11) is 0. The molecule has 0 fully saturated rings. The van der Waals surface area contributed by atoms with Crippen molar-refractivity contribution in [1.82, 2.24) is 0 Å². The molecule has 0 aliphatic carbocycles. The number of allylic oxidation sites excluding steroid dienone is 3. The maximum Gasteiger partial charge on any atom is 0.318 e. The third-order valence-electron chi connectivity index (χ3n) is 1.70. The van der Waals surface area contributed by atoms with Crippen LogP contribution in [0.3, 0.4) is 0 Å². The van der Waals surface area contributed by atoms with Gasteiger partial charge < -0.3 is 10.1 Å². The van der Waals surface area contributed by atoms with Gasteiger partial charge in [-0.25, -0.2) is 0 Å². The second-order valence-electron chi connectivity index (χ2n) is 3.04. The van der Waals surface area contributed by atoms with E-state index in [2.05, 4.69) is 12.5 Å². The van der Waals surface area contributed by atoms with E-state index in [9.17, 15) is 4.79 Å². The van der Waals surface area contributed by atoms with Crippen LogP contribution < -0.4 is 0 Å². The molecule has 0 radical (unpaired) electrons. The lowest BCUT2D eigenvalue weighted by molar-refractivity contribution is -0.141. The van der Waals surface area contributed by atoms with Crippen molar-refractivity contribution in [2.45, 2.75) is 13.3 Å². The summed E-state index contributed by atoms with van der Waals surface area (Å²) in [6.45, 7) is 5.55. The van der Waals surface area contributed by atoms with Crippen molar-refractivity contribution < 1.29 is 9.53 Å². The van der Waals surface area contributed by atoms with E-state index in [4.69, 9.17) is 16.6 Å². The number of terminal acetylenes is 1. The average molecular weight is 217 g/mol. The summed E-state index contributed by atoms with van der Waals surface area (Å²) in [6.07, 6.45) is 11.3. The molecule has 0 heterocycles. The predicted molar refractivity (Wildman–Crippen MR) is 65.2 cm³/mol. The molecule has 0 rings (SSSR count). The first-order chi connectivity index (χ1) is 7.63. The Hall–Kier alpha value is -2.08. The molecule has 0 spiro atoms. The van der Waals surface area contributed by atoms with Gasteiger partial charge in [-0.15, -0.1) is 6.42 Å². The van der Waals surface area contributed by atoms with Gasteiger partial charge in [-0.1, -0.05) is 30.7 Å². The molecular weight excluding hydrogens is 202 g/mol. The van der Waals surface area contributed by atoms with Gasteiger partial charge in [-0.3, -0.25) is 4.79 Å². The maximum absolute atomic E-state index is 11.0. The Morgan fingerprint density at radius 3 is 2.75 bits per heavy atom. The number of esters is 1. The Balaban J connectivity index is 4.32. The van der Waals surface area contributed by atoms with Crippen LogP contribution in [0.2, 0.25) is 0 Å². The lowest BCUT2D eigenvalue weighted by atomic mass is 10.2. The third-order valence-corrected chi connectivity index (χ3v) is 1.70. The van der Waals surface area contributed by atoms with E-state index in [1.54, 1.807) is 25.2 Å². The van der Waals surface area contributed by atoms with Gasteiger partial charge >= 0.3 is 5.97 Å². The highest BCUT2D eigenvalue weighted by Gasteiger charge is 2.00. The van der Waals surface area contributed by atoms with Crippen LogP contribution in [0.1, 0.15) is 13.3 Å². The molecule has 0 unspecified atom stereocenters. The molecule has 3 nitrogen and oxygen atoms in total. The molecule has 84 valence electrons. The molecule has 0 aromatic carbocycles. The summed E-state index contributed by atoms with van der Waals surface area (Å²) in [5.74, 6) is 1.78. The van der Waals surface area contributed by atoms with E-state index >= 15 is 0 Å². The van der Waals surface area contributed by atoms with E-state index in [0.29, 0.717) is 0 Å². The molecule has 1 N–H and O–H groups in total. The van der Waals surface area contributed by atoms with Crippen molar-refractivity contribution in [3.8, 4) is 12.3 Å². The van der Waals surface area contributed by atoms with Crippen molar-refractivity contribution in [2.24, 2.45) is 0 Å². The van der Waals surface area contributed by atoms with E-state index in [0.717, 1.165) is 11.1 Å². The highest BCUT2D eigenvalue weighted by atomic mass is 16.5. The second kappa shape index (κ2) is 8.25. The summed E-state index contributed by atoms with van der Waals surface area (Å²) < 4.78 is 4.89. The predicted octanol–water partition coefficient (Wildman–Crippen LogP) is 2.26. The largest absolute Gasteiger partial charge is 0.460 e. The summed E-state index contributed by atoms with van der Waals surface area (Å²) in [6, 6.07) is 0. The SMILES string of the molecule is C#CCC(=O)OC/C(C=C)=C/C=C(\C)C=N. The van der Waals surface area contributed by atoms with E-state index in [1.165, 1.54) is 6.21 Å². The molecule has 0 aliphatic rings. The van der Waals surface area contributed by atoms with E-state index in [-0.39, 0.29) is 13.0 Å². The number of carbonyl (C=O) groups is 1. The fourth-order valence-electron chi connectivity index (χ4n) is 0.760. The number of ether oxygens (including phenoxy) is 1. The minimum Gasteiger partial charge on any atom is -0.460 e. The third kappa shape index (κ3) is 6.39. The van der Waals surface area contributed by atoms with Gasteiger partial charge in [-0.05, 0) is 18.1 Å². The number of hydrogen-bond acceptors (Lipinski definition) is 3. The first-order valence-electron chi connectivity index (χ1n) is 4.73. The van der Waals surface area contributed by atoms with Crippen molar-refractivity contribution in [1.29, 1.82) is 5.41 Å². The molecule has 3 heteroatoms. The zero-order chi connectivity index (χ0) is 12.4. The lowest BCUT2D eigenvalue weighted by Gasteiger charge is -2.02. The summed E-state index contributed by atoms with van der Waals surface area (Å²) in [5, 5.41) is 6.98. The van der Waals surface area contributed by atoms with Crippen LogP contribution in [-0.2, 0) is 9.53 Å². The topological polar surface area (TPSA) is 50.2 Å². The molecule has 16 heavy (non-hydrogen) atoms. The van der Waals surface area contributed by atoms with Crippen LogP contribution in [0, 0.1) is 17.8 Å². The van der Waals surface area contributed by atoms with Crippen LogP contribution >= 0.6 is 0 Å². The lowest BCUT2D eigenvalue weighted by Crippen LogP contribution is -2.05. The van der Waals surface area contributed by atoms with Crippen molar-refractivity contribution in [2.75, 3.05) is 6.61 Å². The van der Waals surface area contributed by atoms with Crippen LogP contribution in [0.15, 0.2) is 36.0 Å². The summed E-state index contributed by atoms with van der Waals surface area (Å²) in [4.78, 5) is 11.0. The first-order valence-corrected chi connectivity index (χ1v) is 4.73. The van der Waals surface area contributed by atoms with E-state index < -0.39 is 5.97 Å². The Bertz CT molecular complexity index is 370. The van der Waals surface area contributed by atoms with Crippen LogP contribution in [0.25, 0.3) is 0 Å². The van der Waals surface area contributed by atoms with Gasteiger partial charge in [0.2, 0.25) is 0 Å². The van der Waals surface area contributed by atoms with Gasteiger partial charge in [0.05, 0.1) is 0 Å². The first kappa shape index (κ1) is 13.9. The zero-order valence-corrected chi connectivity index (χ0v) is 9.32. The number of carbonyl (C=O) groups excluding carboxylic acids is 1. The van der Waals surface area contributed by atoms with Gasteiger partial charge in [0.25, 0.3) is 0 Å². The molecule has 0 amide bonds. The standard InChI is InChI=1S/C13H15NO2/c1-4-6-13(15)16-10-12(5-2)8-7-11(3)9-14/h1,5,7-9,14H,2,6,10H2,3H3/b11-7+,12-8+,14-9?. The molecule has 0 atom stereocenters. The van der Waals surface area contributed by atoms with Crippen LogP contribution in [-0.4, -0.2) is 18.8 Å². The fourth-order valence-corrected chi connectivity index (χ4v) is 0.760. The highest BCUT2D eigenvalue weighted by molar-refractivity contribution is 5.75. The number of rotatable bonds is 6. The van der Waals surface area contributed by atoms with Crippen LogP contribution in [0.5, 0.6) is 0 Å². The monoisotopic (exact) mass is 217 g/mol. The minimum atomic E-state index is -0.428. The Morgan fingerprint density at radius 1 is 1.56 bits per heavy atom. The summed E-state index contributed by atoms with van der Waals surface area (Å²) >= 11 is 0. The van der Waals surface area contributed by atoms with Gasteiger partial charge in [0.15, 0.2) is 0 Å². The zero-order valence-electron chi connectivity index (χ0n) is 9.32. The molecular formula is C13H15NO2. The smallest absolute Gasteiger partial charge is 0.318 e. The van der Waals surface area contributed by atoms with Gasteiger partial charge in [0.1, 0.15) is 13.0 Å². The molecule has 0 aromatic rings. The maximum atomic E-state index is 11.0. The number of nitrogens with one attached hydrogen (secondary N) is 1. The average Bonchev–Trinajstić information content (AvgIpc) is 2.29. The van der Waals surface area contributed by atoms with Crippen molar-refractivity contribution in [3.63, 3.8) is 0 Å². The molecule has 0 saturated heterocycles. The second-order valence-corrected chi connectivity index (χ2v) is 3.04. The van der Waals surface area contributed by atoms with E-state index in [1.807, 2.05) is 0 Å². The minimum absolute atomic E-state index is 0.0280. The Morgan fingerprint density at radius 2 is 2.25 bits per heavy atom. The normalized spacial score (nSPS) is 11.5. The molecule has 0 aliphatic heterocycles. The highest BCUT2D eigenvalue weighted by Crippen LogP contribution is 2.00. The van der Waals surface area contributed by atoms with Crippen LogP contribution in [0.4, 0.5) is 0 Å². The van der Waals surface area contributed by atoms with Gasteiger partial charge in [-0.2, -0.15) is 0 Å². The Kier molecular flexibility index (Phi) is 7.17. The number of hydrogen-bond donors (Lipinski definition) is 1. The Labute approximate surface area is 96.0 Å². The quantitative estimate of drug-likeness (QED) is 0.321. The molecule has 0 bridgehead atoms. The summed E-state index contributed by atoms with van der Waals surface area (Å²) in [5.41, 5.74) is 1.56. The van der Waals surface area contributed by atoms with Crippen molar-refractivity contribution in [3.05, 3.63) is 36.0 Å². The fraction of sp³-hybridized carbons (Fsp3) is 0.231. The molecule has 0 saturated carbocycles. The van der Waals surface area contributed by atoms with Crippen molar-refractivity contribution >= 4 is 12.2 Å². The van der Waals surface area contributed by atoms with Gasteiger partial charge in [0, 0.05) is 6.21 Å². The molecule has 0 aromatic heterocycles.